The van der Waals surface area contributed by atoms with E-state index < -0.39 is 0 Å². The summed E-state index contributed by atoms with van der Waals surface area (Å²) in [7, 11) is 3.66. The number of fused-ring (bicyclic) bond motifs is 2. The Labute approximate surface area is 215 Å². The third kappa shape index (κ3) is 4.54. The summed E-state index contributed by atoms with van der Waals surface area (Å²) in [5.74, 6) is 1.91. The number of amides is 2. The largest absolute Gasteiger partial charge is 0.387 e. The van der Waals surface area contributed by atoms with Crippen LogP contribution in [0.1, 0.15) is 49.2 Å². The first kappa shape index (κ1) is 23.3. The number of carbonyl (C=O) groups is 1. The van der Waals surface area contributed by atoms with Crippen LogP contribution in [0.4, 0.5) is 15.6 Å². The van der Waals surface area contributed by atoms with Crippen molar-refractivity contribution in [2.45, 2.75) is 51.5 Å². The lowest BCUT2D eigenvalue weighted by Crippen LogP contribution is -2.41. The van der Waals surface area contributed by atoms with Crippen LogP contribution in [0.2, 0.25) is 0 Å². The zero-order chi connectivity index (χ0) is 24.8. The minimum Gasteiger partial charge on any atom is -0.387 e. The van der Waals surface area contributed by atoms with Crippen LogP contribution in [0.5, 0.6) is 0 Å². The van der Waals surface area contributed by atoms with Crippen molar-refractivity contribution in [3.63, 3.8) is 0 Å². The van der Waals surface area contributed by atoms with Gasteiger partial charge in [-0.25, -0.2) is 14.8 Å². The molecule has 0 aromatic carbocycles. The molecule has 0 spiro atoms. The molecule has 3 unspecified atom stereocenters. The van der Waals surface area contributed by atoms with E-state index in [-0.39, 0.29) is 6.03 Å². The number of likely N-dealkylation sites (tertiary alicyclic amines) is 1. The van der Waals surface area contributed by atoms with Gasteiger partial charge >= 0.3 is 6.03 Å². The first-order valence-corrected chi connectivity index (χ1v) is 13.7. The first-order chi connectivity index (χ1) is 17.5. The van der Waals surface area contributed by atoms with Gasteiger partial charge in [-0.1, -0.05) is 6.42 Å². The predicted octanol–water partition coefficient (Wildman–Crippen LogP) is 4.29. The topological polar surface area (TPSA) is 90.7 Å². The smallest absolute Gasteiger partial charge is 0.319 e. The summed E-state index contributed by atoms with van der Waals surface area (Å²) >= 11 is 1.47. The van der Waals surface area contributed by atoms with Crippen LogP contribution in [0.3, 0.4) is 0 Å². The highest BCUT2D eigenvalue weighted by atomic mass is 32.1. The molecule has 1 saturated heterocycles. The Morgan fingerprint density at radius 1 is 1.28 bits per heavy atom. The highest BCUT2D eigenvalue weighted by Gasteiger charge is 2.44. The molecular weight excluding hydrogens is 472 g/mol. The summed E-state index contributed by atoms with van der Waals surface area (Å²) in [6.45, 7) is 3.70. The molecule has 9 nitrogen and oxygen atoms in total. The maximum atomic E-state index is 12.4. The molecule has 5 heterocycles. The average Bonchev–Trinajstić information content (AvgIpc) is 3.13. The van der Waals surface area contributed by atoms with E-state index in [1.807, 2.05) is 32.1 Å². The fourth-order valence-electron chi connectivity index (χ4n) is 5.58. The van der Waals surface area contributed by atoms with Crippen molar-refractivity contribution in [3.8, 4) is 0 Å². The Balaban J connectivity index is 1.15. The van der Waals surface area contributed by atoms with E-state index >= 15 is 0 Å². The van der Waals surface area contributed by atoms with E-state index in [2.05, 4.69) is 33.5 Å². The Morgan fingerprint density at radius 3 is 2.94 bits per heavy atom. The number of aryl methyl sites for hydroxylation is 1. The van der Waals surface area contributed by atoms with Crippen molar-refractivity contribution in [2.75, 3.05) is 32.5 Å². The van der Waals surface area contributed by atoms with Crippen LogP contribution in [0, 0.1) is 18.8 Å². The average molecular weight is 507 g/mol. The third-order valence-corrected chi connectivity index (χ3v) is 8.34. The molecular formula is C26H34N8OS. The molecule has 0 radical (unpaired) electrons. The maximum absolute atomic E-state index is 12.4. The number of urea groups is 1. The van der Waals surface area contributed by atoms with E-state index in [1.54, 1.807) is 4.90 Å². The van der Waals surface area contributed by atoms with Gasteiger partial charge in [-0.05, 0) is 68.1 Å². The van der Waals surface area contributed by atoms with Crippen molar-refractivity contribution in [1.82, 2.24) is 33.9 Å². The minimum atomic E-state index is 0.118. The number of aromatic nitrogens is 4. The molecule has 2 N–H and O–H groups in total. The number of nitrogens with zero attached hydrogens (tertiary/aromatic N) is 6. The van der Waals surface area contributed by atoms with Gasteiger partial charge in [-0.2, -0.15) is 4.37 Å². The van der Waals surface area contributed by atoms with Gasteiger partial charge in [-0.15, -0.1) is 0 Å². The Hall–Kier alpha value is -3.14. The highest BCUT2D eigenvalue weighted by Crippen LogP contribution is 2.46. The van der Waals surface area contributed by atoms with Crippen LogP contribution in [0.15, 0.2) is 24.7 Å². The quantitative estimate of drug-likeness (QED) is 0.537. The third-order valence-electron chi connectivity index (χ3n) is 7.60. The number of rotatable bonds is 5. The molecule has 3 aromatic rings. The van der Waals surface area contributed by atoms with Crippen LogP contribution in [-0.4, -0.2) is 67.8 Å². The van der Waals surface area contributed by atoms with Crippen molar-refractivity contribution in [1.29, 1.82) is 0 Å². The lowest BCUT2D eigenvalue weighted by molar-refractivity contribution is 0.160. The summed E-state index contributed by atoms with van der Waals surface area (Å²) in [5, 5.41) is 7.94. The molecule has 190 valence electrons. The molecule has 3 aromatic heterocycles. The normalized spacial score (nSPS) is 23.5. The lowest BCUT2D eigenvalue weighted by Gasteiger charge is -2.30. The van der Waals surface area contributed by atoms with Gasteiger partial charge in [0.15, 0.2) is 11.5 Å². The Kier molecular flexibility index (Phi) is 6.07. The fraction of sp³-hybridized carbons (Fsp3) is 0.538. The molecule has 2 aliphatic heterocycles. The SMILES string of the molecule is Cc1cn2c(C3=CNC4CC34)cnc2c(Nc2cc(CC3CCCCN(C(=O)N(C)C)CC3)ns2)n1. The van der Waals surface area contributed by atoms with E-state index in [1.165, 1.54) is 29.9 Å². The summed E-state index contributed by atoms with van der Waals surface area (Å²) in [6.07, 6.45) is 12.7. The molecule has 1 aliphatic carbocycles. The van der Waals surface area contributed by atoms with Gasteiger partial charge in [-0.3, -0.25) is 4.40 Å². The van der Waals surface area contributed by atoms with Crippen molar-refractivity contribution in [3.05, 3.63) is 41.7 Å². The molecule has 6 rings (SSSR count). The summed E-state index contributed by atoms with van der Waals surface area (Å²) in [4.78, 5) is 25.6. The zero-order valence-corrected chi connectivity index (χ0v) is 22.0. The van der Waals surface area contributed by atoms with Crippen LogP contribution >= 0.6 is 11.5 Å². The van der Waals surface area contributed by atoms with Crippen molar-refractivity contribution in [2.24, 2.45) is 11.8 Å². The monoisotopic (exact) mass is 506 g/mol. The maximum Gasteiger partial charge on any atom is 0.319 e. The number of hydrogen-bond acceptors (Lipinski definition) is 7. The molecule has 10 heteroatoms. The zero-order valence-electron chi connectivity index (χ0n) is 21.2. The minimum absolute atomic E-state index is 0.118. The standard InChI is InChI=1S/C26H34N8OS/c1-16-15-34-22(20-13-27-21-12-19(20)21)14-28-25(34)24(29-16)30-23-11-18(31-36-23)10-17-6-4-5-8-33(9-7-17)26(35)32(2)3/h11,13-15,17,19,21,27H,4-10,12H2,1-3H3,(H,29,30). The van der Waals surface area contributed by atoms with Gasteiger partial charge in [0.25, 0.3) is 0 Å². The van der Waals surface area contributed by atoms with Gasteiger partial charge in [0.1, 0.15) is 5.00 Å². The number of nitrogens with one attached hydrogen (secondary N) is 2. The molecule has 3 aliphatic rings. The number of imidazole rings is 1. The van der Waals surface area contributed by atoms with Gasteiger partial charge in [0.05, 0.1) is 23.3 Å². The molecule has 2 amide bonds. The van der Waals surface area contributed by atoms with Crippen molar-refractivity contribution < 1.29 is 4.79 Å². The summed E-state index contributed by atoms with van der Waals surface area (Å²) in [5.41, 5.74) is 5.37. The Morgan fingerprint density at radius 2 is 2.17 bits per heavy atom. The van der Waals surface area contributed by atoms with Crippen LogP contribution in [0.25, 0.3) is 11.2 Å². The second-order valence-corrected chi connectivity index (χ2v) is 11.4. The highest BCUT2D eigenvalue weighted by molar-refractivity contribution is 7.10. The van der Waals surface area contributed by atoms with Gasteiger partial charge in [0, 0.05) is 51.5 Å². The molecule has 2 fully saturated rings. The second-order valence-electron chi connectivity index (χ2n) is 10.6. The van der Waals surface area contributed by atoms with Crippen LogP contribution in [-0.2, 0) is 6.42 Å². The first-order valence-electron chi connectivity index (χ1n) is 13.0. The number of anilines is 2. The number of hydrogen-bond donors (Lipinski definition) is 2. The summed E-state index contributed by atoms with van der Waals surface area (Å²) < 4.78 is 6.91. The van der Waals surface area contributed by atoms with E-state index in [4.69, 9.17) is 14.3 Å². The molecule has 1 saturated carbocycles. The summed E-state index contributed by atoms with van der Waals surface area (Å²) in [6, 6.07) is 2.87. The lowest BCUT2D eigenvalue weighted by atomic mass is 9.92. The van der Waals surface area contributed by atoms with Gasteiger partial charge in [0.2, 0.25) is 0 Å². The molecule has 36 heavy (non-hydrogen) atoms. The van der Waals surface area contributed by atoms with E-state index in [0.717, 1.165) is 72.3 Å². The number of carbonyl (C=O) groups excluding carboxylic acids is 1. The molecule has 0 bridgehead atoms. The predicted molar refractivity (Wildman–Crippen MR) is 142 cm³/mol. The molecule has 3 atom stereocenters. The van der Waals surface area contributed by atoms with E-state index in [9.17, 15) is 4.79 Å². The fourth-order valence-corrected chi connectivity index (χ4v) is 6.26. The Bertz CT molecular complexity index is 1310. The second kappa shape index (κ2) is 9.38. The van der Waals surface area contributed by atoms with E-state index in [0.29, 0.717) is 17.9 Å². The van der Waals surface area contributed by atoms with Crippen molar-refractivity contribution >= 4 is 39.6 Å². The van der Waals surface area contributed by atoms with Crippen LogP contribution < -0.4 is 10.6 Å². The van der Waals surface area contributed by atoms with Gasteiger partial charge < -0.3 is 20.4 Å².